The van der Waals surface area contributed by atoms with Crippen LogP contribution in [0.5, 0.6) is 0 Å². The van der Waals surface area contributed by atoms with Crippen LogP contribution in [0.4, 0.5) is 0 Å². The molecule has 0 saturated carbocycles. The summed E-state index contributed by atoms with van der Waals surface area (Å²) in [4.78, 5) is 24.4. The maximum absolute atomic E-state index is 12.1. The number of aryl methyl sites for hydroxylation is 1. The summed E-state index contributed by atoms with van der Waals surface area (Å²) < 4.78 is 1.65. The van der Waals surface area contributed by atoms with Crippen LogP contribution in [-0.4, -0.2) is 9.74 Å². The minimum Gasteiger partial charge on any atom is -0.288 e. The number of ketones is 1. The predicted molar refractivity (Wildman–Crippen MR) is 73.4 cm³/mol. The van der Waals surface area contributed by atoms with E-state index in [1.807, 2.05) is 18.2 Å². The topological polar surface area (TPSA) is 39.1 Å². The van der Waals surface area contributed by atoms with Gasteiger partial charge in [0.25, 0.3) is 5.56 Å². The zero-order valence-electron chi connectivity index (χ0n) is 10.3. The Morgan fingerprint density at radius 2 is 2.00 bits per heavy atom. The van der Waals surface area contributed by atoms with Crippen molar-refractivity contribution in [2.45, 2.75) is 26.3 Å². The van der Waals surface area contributed by atoms with Crippen LogP contribution in [0.2, 0.25) is 0 Å². The van der Waals surface area contributed by atoms with Gasteiger partial charge in [0.1, 0.15) is 0 Å². The third-order valence-corrected chi connectivity index (χ3v) is 3.77. The molecule has 18 heavy (non-hydrogen) atoms. The number of hydrogen-bond acceptors (Lipinski definition) is 3. The Balaban J connectivity index is 2.24. The van der Waals surface area contributed by atoms with Crippen molar-refractivity contribution < 1.29 is 4.79 Å². The molecule has 0 unspecified atom stereocenters. The molecule has 0 atom stereocenters. The molecule has 0 spiro atoms. The van der Waals surface area contributed by atoms with Crippen LogP contribution in [-0.2, 0) is 6.54 Å². The fourth-order valence-electron chi connectivity index (χ4n) is 1.67. The highest BCUT2D eigenvalue weighted by atomic mass is 32.1. The lowest BCUT2D eigenvalue weighted by molar-refractivity contribution is 0.104. The zero-order valence-corrected chi connectivity index (χ0v) is 11.1. The number of unbranched alkanes of at least 4 members (excludes halogenated alkanes) is 1. The summed E-state index contributed by atoms with van der Waals surface area (Å²) in [6.07, 6.45) is 1.99. The van der Waals surface area contributed by atoms with E-state index in [1.165, 1.54) is 17.6 Å². The summed E-state index contributed by atoms with van der Waals surface area (Å²) in [7, 11) is 0. The average Bonchev–Trinajstić information content (AvgIpc) is 2.78. The van der Waals surface area contributed by atoms with Gasteiger partial charge in [0.15, 0.2) is 0 Å². The SMILES string of the molecule is CCCCn1sc(C(=O)c2ccccc2)cc1=O. The number of carbonyl (C=O) groups excluding carboxylic acids is 1. The van der Waals surface area contributed by atoms with Crippen LogP contribution in [0.1, 0.15) is 35.0 Å². The van der Waals surface area contributed by atoms with Crippen LogP contribution >= 0.6 is 11.5 Å². The minimum atomic E-state index is -0.0762. The lowest BCUT2D eigenvalue weighted by Crippen LogP contribution is -2.11. The van der Waals surface area contributed by atoms with Crippen molar-refractivity contribution in [3.8, 4) is 0 Å². The van der Waals surface area contributed by atoms with Gasteiger partial charge in [-0.3, -0.25) is 13.5 Å². The average molecular weight is 261 g/mol. The van der Waals surface area contributed by atoms with Gasteiger partial charge in [0.2, 0.25) is 5.78 Å². The van der Waals surface area contributed by atoms with Crippen molar-refractivity contribution in [3.63, 3.8) is 0 Å². The highest BCUT2D eigenvalue weighted by molar-refractivity contribution is 7.08. The van der Waals surface area contributed by atoms with Crippen LogP contribution in [0.15, 0.2) is 41.2 Å². The molecule has 0 N–H and O–H groups in total. The molecule has 1 aromatic carbocycles. The van der Waals surface area contributed by atoms with Crippen molar-refractivity contribution in [1.82, 2.24) is 3.96 Å². The Morgan fingerprint density at radius 3 is 2.67 bits per heavy atom. The molecule has 2 aromatic rings. The first-order valence-electron chi connectivity index (χ1n) is 6.03. The summed E-state index contributed by atoms with van der Waals surface area (Å²) in [6, 6.07) is 10.5. The first-order valence-corrected chi connectivity index (χ1v) is 6.80. The quantitative estimate of drug-likeness (QED) is 0.776. The van der Waals surface area contributed by atoms with Crippen LogP contribution in [0.3, 0.4) is 0 Å². The van der Waals surface area contributed by atoms with E-state index in [0.29, 0.717) is 17.0 Å². The second-order valence-electron chi connectivity index (χ2n) is 4.09. The van der Waals surface area contributed by atoms with E-state index in [0.717, 1.165) is 12.8 Å². The molecule has 1 heterocycles. The molecule has 0 bridgehead atoms. The molecule has 0 aliphatic rings. The number of rotatable bonds is 5. The molecule has 0 radical (unpaired) electrons. The van der Waals surface area contributed by atoms with Crippen LogP contribution < -0.4 is 5.56 Å². The maximum atomic E-state index is 12.1. The molecule has 0 aliphatic carbocycles. The first-order chi connectivity index (χ1) is 8.72. The number of hydrogen-bond donors (Lipinski definition) is 0. The summed E-state index contributed by atoms with van der Waals surface area (Å²) in [5.74, 6) is -0.0760. The van der Waals surface area contributed by atoms with Gasteiger partial charge in [0.05, 0.1) is 4.88 Å². The van der Waals surface area contributed by atoms with Crippen molar-refractivity contribution >= 4 is 17.3 Å². The van der Waals surface area contributed by atoms with Crippen LogP contribution in [0.25, 0.3) is 0 Å². The van der Waals surface area contributed by atoms with Gasteiger partial charge in [-0.15, -0.1) is 0 Å². The van der Waals surface area contributed by atoms with E-state index in [-0.39, 0.29) is 11.3 Å². The largest absolute Gasteiger partial charge is 0.288 e. The second-order valence-corrected chi connectivity index (χ2v) is 5.15. The third-order valence-electron chi connectivity index (χ3n) is 2.68. The Morgan fingerprint density at radius 1 is 1.28 bits per heavy atom. The molecular formula is C14H15NO2S. The van der Waals surface area contributed by atoms with Crippen molar-refractivity contribution in [1.29, 1.82) is 0 Å². The molecule has 4 heteroatoms. The summed E-state index contributed by atoms with van der Waals surface area (Å²) >= 11 is 1.26. The smallest absolute Gasteiger partial charge is 0.261 e. The number of benzene rings is 1. The molecule has 0 amide bonds. The minimum absolute atomic E-state index is 0.0760. The second kappa shape index (κ2) is 5.78. The van der Waals surface area contributed by atoms with Gasteiger partial charge >= 0.3 is 0 Å². The van der Waals surface area contributed by atoms with E-state index in [9.17, 15) is 9.59 Å². The van der Waals surface area contributed by atoms with E-state index < -0.39 is 0 Å². The van der Waals surface area contributed by atoms with E-state index in [2.05, 4.69) is 6.92 Å². The normalized spacial score (nSPS) is 10.5. The third kappa shape index (κ3) is 2.76. The summed E-state index contributed by atoms with van der Waals surface area (Å²) in [5, 5.41) is 0. The molecule has 0 fully saturated rings. The molecule has 2 rings (SSSR count). The number of aromatic nitrogens is 1. The Labute approximate surface area is 110 Å². The summed E-state index contributed by atoms with van der Waals surface area (Å²) in [5.41, 5.74) is 0.550. The van der Waals surface area contributed by atoms with Gasteiger partial charge in [-0.1, -0.05) is 55.2 Å². The monoisotopic (exact) mass is 261 g/mol. The number of nitrogens with zero attached hydrogens (tertiary/aromatic N) is 1. The lowest BCUT2D eigenvalue weighted by Gasteiger charge is -1.98. The molecule has 1 aromatic heterocycles. The highest BCUT2D eigenvalue weighted by Gasteiger charge is 2.13. The Bertz CT molecular complexity index is 583. The van der Waals surface area contributed by atoms with E-state index in [1.54, 1.807) is 16.1 Å². The molecule has 3 nitrogen and oxygen atoms in total. The predicted octanol–water partition coefficient (Wildman–Crippen LogP) is 2.94. The Kier molecular flexibility index (Phi) is 4.10. The molecule has 94 valence electrons. The van der Waals surface area contributed by atoms with Gasteiger partial charge in [-0.05, 0) is 6.42 Å². The van der Waals surface area contributed by atoms with Gasteiger partial charge in [0, 0.05) is 18.2 Å². The maximum Gasteiger partial charge on any atom is 0.261 e. The summed E-state index contributed by atoms with van der Waals surface area (Å²) in [6.45, 7) is 2.77. The lowest BCUT2D eigenvalue weighted by atomic mass is 10.1. The van der Waals surface area contributed by atoms with Crippen molar-refractivity contribution in [3.05, 3.63) is 57.2 Å². The Hall–Kier alpha value is -1.68. The number of carbonyl (C=O) groups is 1. The van der Waals surface area contributed by atoms with Crippen LogP contribution in [0, 0.1) is 0 Å². The molecule has 0 aliphatic heterocycles. The van der Waals surface area contributed by atoms with Crippen molar-refractivity contribution in [2.75, 3.05) is 0 Å². The first kappa shape index (κ1) is 12.8. The molecule has 0 saturated heterocycles. The van der Waals surface area contributed by atoms with Gasteiger partial charge in [-0.2, -0.15) is 0 Å². The van der Waals surface area contributed by atoms with Gasteiger partial charge < -0.3 is 0 Å². The van der Waals surface area contributed by atoms with Crippen molar-refractivity contribution in [2.24, 2.45) is 0 Å². The molecular weight excluding hydrogens is 246 g/mol. The fraction of sp³-hybridized carbons (Fsp3) is 0.286. The van der Waals surface area contributed by atoms with Gasteiger partial charge in [-0.25, -0.2) is 0 Å². The fourth-order valence-corrected chi connectivity index (χ4v) is 2.63. The van der Waals surface area contributed by atoms with E-state index in [4.69, 9.17) is 0 Å². The highest BCUT2D eigenvalue weighted by Crippen LogP contribution is 2.13. The zero-order chi connectivity index (χ0) is 13.0. The van der Waals surface area contributed by atoms with E-state index >= 15 is 0 Å². The standard InChI is InChI=1S/C14H15NO2S/c1-2-3-9-15-13(16)10-12(18-15)14(17)11-7-5-4-6-8-11/h4-8,10H,2-3,9H2,1H3.